The predicted octanol–water partition coefficient (Wildman–Crippen LogP) is 2.04. The van der Waals surface area contributed by atoms with E-state index < -0.39 is 10.0 Å². The lowest BCUT2D eigenvalue weighted by Crippen LogP contribution is -2.43. The number of rotatable bonds is 5. The molecule has 1 saturated heterocycles. The van der Waals surface area contributed by atoms with Crippen molar-refractivity contribution >= 4 is 10.0 Å². The first kappa shape index (κ1) is 16.5. The highest BCUT2D eigenvalue weighted by molar-refractivity contribution is 7.89. The molecule has 0 bridgehead atoms. The second-order valence-electron chi connectivity index (χ2n) is 6.08. The van der Waals surface area contributed by atoms with E-state index in [0.29, 0.717) is 23.9 Å². The Hall–Kier alpha value is -0.850. The molecule has 0 radical (unpaired) electrons. The minimum absolute atomic E-state index is 0.0801. The molecule has 0 amide bonds. The molecule has 120 valence electrons. The molecule has 1 N–H and O–H groups in total. The Balaban J connectivity index is 2.31. The fourth-order valence-corrected chi connectivity index (χ4v) is 4.89. The van der Waals surface area contributed by atoms with Crippen LogP contribution in [0.4, 0.5) is 0 Å². The number of nitrogens with zero attached hydrogens (tertiary/aromatic N) is 2. The highest BCUT2D eigenvalue weighted by Crippen LogP contribution is 2.29. The van der Waals surface area contributed by atoms with Crippen molar-refractivity contribution < 1.29 is 8.42 Å². The molecule has 5 nitrogen and oxygen atoms in total. The minimum Gasteiger partial charge on any atom is -0.349 e. The Morgan fingerprint density at radius 3 is 2.67 bits per heavy atom. The maximum Gasteiger partial charge on any atom is 0.244 e. The standard InChI is InChI=1S/C15H27N3O2S/c1-5-17-11-15(9-14(17)10-16-4)21(19,20)18-7-6-12(2)8-13(18)3/h9,11-13,16H,5-8,10H2,1-4H3. The first-order valence-corrected chi connectivity index (χ1v) is 9.19. The molecule has 0 saturated carbocycles. The molecule has 1 aliphatic rings. The predicted molar refractivity (Wildman–Crippen MR) is 84.6 cm³/mol. The molecule has 0 aliphatic carbocycles. The zero-order valence-corrected chi connectivity index (χ0v) is 14.3. The average molecular weight is 313 g/mol. The summed E-state index contributed by atoms with van der Waals surface area (Å²) in [5.41, 5.74) is 1.01. The number of nitrogens with one attached hydrogen (secondary N) is 1. The second-order valence-corrected chi connectivity index (χ2v) is 7.97. The summed E-state index contributed by atoms with van der Waals surface area (Å²) in [4.78, 5) is 0.427. The lowest BCUT2D eigenvalue weighted by atomic mass is 9.95. The van der Waals surface area contributed by atoms with Crippen LogP contribution in [0.5, 0.6) is 0 Å². The van der Waals surface area contributed by atoms with Gasteiger partial charge in [0.1, 0.15) is 4.90 Å². The molecule has 0 aromatic carbocycles. The zero-order chi connectivity index (χ0) is 15.6. The number of hydrogen-bond acceptors (Lipinski definition) is 3. The smallest absolute Gasteiger partial charge is 0.244 e. The summed E-state index contributed by atoms with van der Waals surface area (Å²) in [6.07, 6.45) is 3.66. The van der Waals surface area contributed by atoms with Crippen molar-refractivity contribution in [2.45, 2.75) is 57.6 Å². The van der Waals surface area contributed by atoms with Gasteiger partial charge in [-0.15, -0.1) is 0 Å². The molecule has 0 spiro atoms. The summed E-state index contributed by atoms with van der Waals surface area (Å²) in [5, 5.41) is 3.09. The van der Waals surface area contributed by atoms with Gasteiger partial charge in [0.2, 0.25) is 10.0 Å². The summed E-state index contributed by atoms with van der Waals surface area (Å²) in [7, 11) is -1.51. The van der Waals surface area contributed by atoms with Crippen molar-refractivity contribution in [3.8, 4) is 0 Å². The van der Waals surface area contributed by atoms with Crippen LogP contribution in [0.3, 0.4) is 0 Å². The van der Waals surface area contributed by atoms with Gasteiger partial charge in [-0.3, -0.25) is 0 Å². The Morgan fingerprint density at radius 1 is 1.38 bits per heavy atom. The molecule has 2 unspecified atom stereocenters. The fourth-order valence-electron chi connectivity index (χ4n) is 3.17. The third kappa shape index (κ3) is 3.33. The summed E-state index contributed by atoms with van der Waals surface area (Å²) in [5.74, 6) is 0.603. The lowest BCUT2D eigenvalue weighted by Gasteiger charge is -2.35. The van der Waals surface area contributed by atoms with E-state index in [1.807, 2.05) is 25.5 Å². The van der Waals surface area contributed by atoms with Crippen molar-refractivity contribution in [2.24, 2.45) is 5.92 Å². The van der Waals surface area contributed by atoms with Gasteiger partial charge >= 0.3 is 0 Å². The highest BCUT2D eigenvalue weighted by Gasteiger charge is 2.34. The molecule has 1 aromatic heterocycles. The topological polar surface area (TPSA) is 54.3 Å². The zero-order valence-electron chi connectivity index (χ0n) is 13.5. The maximum absolute atomic E-state index is 12.9. The molecule has 1 fully saturated rings. The van der Waals surface area contributed by atoms with Gasteiger partial charge in [-0.05, 0) is 45.7 Å². The number of hydrogen-bond donors (Lipinski definition) is 1. The van der Waals surface area contributed by atoms with Crippen molar-refractivity contribution in [3.05, 3.63) is 18.0 Å². The van der Waals surface area contributed by atoms with Gasteiger partial charge in [0.05, 0.1) is 0 Å². The molecule has 6 heteroatoms. The molecule has 2 atom stereocenters. The van der Waals surface area contributed by atoms with Gasteiger partial charge in [0.25, 0.3) is 0 Å². The van der Waals surface area contributed by atoms with Crippen LogP contribution in [-0.2, 0) is 23.1 Å². The van der Waals surface area contributed by atoms with Crippen molar-refractivity contribution in [1.82, 2.24) is 14.2 Å². The Kier molecular flexibility index (Phi) is 5.11. The monoisotopic (exact) mass is 313 g/mol. The van der Waals surface area contributed by atoms with Gasteiger partial charge in [-0.1, -0.05) is 6.92 Å². The summed E-state index contributed by atoms with van der Waals surface area (Å²) in [6, 6.07) is 1.89. The largest absolute Gasteiger partial charge is 0.349 e. The SMILES string of the molecule is CCn1cc(S(=O)(=O)N2CCC(C)CC2C)cc1CNC. The molecule has 2 rings (SSSR count). The van der Waals surface area contributed by atoms with Crippen molar-refractivity contribution in [2.75, 3.05) is 13.6 Å². The van der Waals surface area contributed by atoms with Crippen LogP contribution in [0.2, 0.25) is 0 Å². The third-order valence-corrected chi connectivity index (χ3v) is 6.32. The molecule has 2 heterocycles. The Morgan fingerprint density at radius 2 is 2.10 bits per heavy atom. The minimum atomic E-state index is -3.38. The molecule has 1 aliphatic heterocycles. The van der Waals surface area contributed by atoms with Crippen LogP contribution < -0.4 is 5.32 Å². The van der Waals surface area contributed by atoms with Crippen LogP contribution in [0, 0.1) is 5.92 Å². The van der Waals surface area contributed by atoms with E-state index >= 15 is 0 Å². The molecular formula is C15H27N3O2S. The Bertz CT molecular complexity index is 580. The van der Waals surface area contributed by atoms with Crippen molar-refractivity contribution in [3.63, 3.8) is 0 Å². The van der Waals surface area contributed by atoms with Crippen LogP contribution in [0.25, 0.3) is 0 Å². The first-order chi connectivity index (χ1) is 9.90. The van der Waals surface area contributed by atoms with Gasteiger partial charge in [0, 0.05) is 37.6 Å². The number of aryl methyl sites for hydroxylation is 1. The molecular weight excluding hydrogens is 286 g/mol. The fraction of sp³-hybridized carbons (Fsp3) is 0.733. The van der Waals surface area contributed by atoms with E-state index in [2.05, 4.69) is 12.2 Å². The Labute approximate surface area is 128 Å². The quantitative estimate of drug-likeness (QED) is 0.905. The third-order valence-electron chi connectivity index (χ3n) is 4.34. The second kappa shape index (κ2) is 6.50. The van der Waals surface area contributed by atoms with E-state index in [1.165, 1.54) is 0 Å². The summed E-state index contributed by atoms with van der Waals surface area (Å²) < 4.78 is 29.4. The van der Waals surface area contributed by atoms with Gasteiger partial charge in [0.15, 0.2) is 0 Å². The molecule has 21 heavy (non-hydrogen) atoms. The van der Waals surface area contributed by atoms with Gasteiger partial charge in [-0.25, -0.2) is 8.42 Å². The summed E-state index contributed by atoms with van der Waals surface area (Å²) >= 11 is 0. The van der Waals surface area contributed by atoms with E-state index in [1.54, 1.807) is 16.6 Å². The lowest BCUT2D eigenvalue weighted by molar-refractivity contribution is 0.220. The van der Waals surface area contributed by atoms with Crippen LogP contribution in [0.1, 0.15) is 39.3 Å². The van der Waals surface area contributed by atoms with Crippen molar-refractivity contribution in [1.29, 1.82) is 0 Å². The number of aromatic nitrogens is 1. The number of piperidine rings is 1. The maximum atomic E-state index is 12.9. The van der Waals surface area contributed by atoms with E-state index in [-0.39, 0.29) is 6.04 Å². The normalized spacial score (nSPS) is 24.4. The summed E-state index contributed by atoms with van der Waals surface area (Å²) in [6.45, 7) is 8.32. The van der Waals surface area contributed by atoms with Crippen LogP contribution in [0.15, 0.2) is 17.2 Å². The van der Waals surface area contributed by atoms with E-state index in [4.69, 9.17) is 0 Å². The van der Waals surface area contributed by atoms with Gasteiger partial charge < -0.3 is 9.88 Å². The highest BCUT2D eigenvalue weighted by atomic mass is 32.2. The first-order valence-electron chi connectivity index (χ1n) is 7.75. The van der Waals surface area contributed by atoms with Crippen LogP contribution in [-0.4, -0.2) is 36.9 Å². The number of sulfonamides is 1. The van der Waals surface area contributed by atoms with E-state index in [9.17, 15) is 8.42 Å². The molecule has 1 aromatic rings. The average Bonchev–Trinajstić information content (AvgIpc) is 2.82. The van der Waals surface area contributed by atoms with Crippen LogP contribution >= 0.6 is 0 Å². The van der Waals surface area contributed by atoms with E-state index in [0.717, 1.165) is 25.1 Å². The van der Waals surface area contributed by atoms with Gasteiger partial charge in [-0.2, -0.15) is 4.31 Å².